The fourth-order valence-electron chi connectivity index (χ4n) is 12.9. The zero-order chi connectivity index (χ0) is 66.0. The lowest BCUT2D eigenvalue weighted by Crippen LogP contribution is -2.51. The molecule has 2 fully saturated rings. The number of piperidine rings is 2. The van der Waals surface area contributed by atoms with Crippen LogP contribution in [-0.2, 0) is 56.4 Å². The van der Waals surface area contributed by atoms with Crippen LogP contribution in [0.4, 0.5) is 13.6 Å². The van der Waals surface area contributed by atoms with Crippen molar-refractivity contribution < 1.29 is 63.6 Å². The number of nitrogens with one attached hydrogen (secondary N) is 3. The topological polar surface area (TPSA) is 207 Å². The maximum absolute atomic E-state index is 15.7. The molecule has 92 heavy (non-hydrogen) atoms. The number of unbranched alkanes of at least 4 members (excludes halogenated alkanes) is 2. The Bertz CT molecular complexity index is 3100. The van der Waals surface area contributed by atoms with Crippen LogP contribution in [0.25, 0.3) is 0 Å². The molecule has 0 bridgehead atoms. The Labute approximate surface area is 553 Å². The molecule has 8 rings (SSSR count). The van der Waals surface area contributed by atoms with Crippen molar-refractivity contribution in [2.45, 2.75) is 143 Å². The van der Waals surface area contributed by atoms with Crippen molar-refractivity contribution in [3.8, 4) is 11.5 Å². The fraction of sp³-hybridized carbons (Fsp3) is 0.612. The molecule has 0 radical (unpaired) electrons. The van der Waals surface area contributed by atoms with Gasteiger partial charge in [-0.1, -0.05) is 29.6 Å². The SMILES string of the molecule is Cc1cc(Cl)cc2c1C[C@H](N1CCC[C@@H](N(C)C)C1)[C@H]2Oc1ccc(S(=O)(=O)CCCOCCOCCNC(=O)NCCCCCC(=O)CCCOCCOCCNS(=O)(=O)c2ccc(O[C@H]3c4cc(Cl)cc(C)c4C[C@@H]3N3CCC[C@@H](N(C)C)C3)c(F)c2)cc1F. The molecule has 6 atom stereocenters. The highest BCUT2D eigenvalue weighted by molar-refractivity contribution is 7.91. The number of halogens is 4. The van der Waals surface area contributed by atoms with Crippen molar-refractivity contribution in [1.82, 2.24) is 35.0 Å². The molecule has 4 aliphatic rings. The lowest BCUT2D eigenvalue weighted by molar-refractivity contribution is -0.119. The van der Waals surface area contributed by atoms with Crippen LogP contribution in [0.3, 0.4) is 0 Å². The highest BCUT2D eigenvalue weighted by Gasteiger charge is 2.43. The fourth-order valence-corrected chi connectivity index (χ4v) is 15.8. The Morgan fingerprint density at radius 2 is 1.05 bits per heavy atom. The van der Waals surface area contributed by atoms with Crippen LogP contribution in [0.1, 0.15) is 116 Å². The van der Waals surface area contributed by atoms with Crippen molar-refractivity contribution >= 4 is 54.9 Å². The van der Waals surface area contributed by atoms with E-state index < -0.39 is 43.7 Å². The number of hydrogen-bond acceptors (Lipinski definition) is 16. The Morgan fingerprint density at radius 3 is 1.59 bits per heavy atom. The van der Waals surface area contributed by atoms with Crippen LogP contribution in [0.5, 0.6) is 11.5 Å². The van der Waals surface area contributed by atoms with Gasteiger partial charge in [0.15, 0.2) is 33.0 Å². The molecule has 2 aliphatic carbocycles. The Morgan fingerprint density at radius 1 is 0.576 bits per heavy atom. The average Bonchev–Trinajstić information content (AvgIpc) is 1.61. The number of ether oxygens (including phenoxy) is 6. The molecule has 0 unspecified atom stereocenters. The maximum atomic E-state index is 15.7. The largest absolute Gasteiger partial charge is 0.481 e. The van der Waals surface area contributed by atoms with Crippen LogP contribution in [0.15, 0.2) is 70.5 Å². The lowest BCUT2D eigenvalue weighted by atomic mass is 10.0. The molecule has 19 nitrogen and oxygen atoms in total. The van der Waals surface area contributed by atoms with Crippen LogP contribution in [0.2, 0.25) is 10.0 Å². The van der Waals surface area contributed by atoms with Crippen molar-refractivity contribution in [2.75, 3.05) is 133 Å². The standard InChI is InChI=1S/C67H95Cl2F2N7O12S2/c1-46-36-48(68)38-57-55(46)42-61(77-25-10-14-50(44-77)75(3)4)65(57)89-63-20-18-53(40-59(63)70)91(81,82)35-13-28-86-32-33-87-29-23-73-67(80)72-22-9-7-8-16-52(79)17-12-27-85-31-34-88-30-24-74-92(83,84)54-19-21-64(60(71)41-54)90-66-58-39-49(69)37-47(2)56(58)43-62(66)78-26-11-15-51(45-78)76(5)6/h18-21,36-41,50-51,61-62,65-66,74H,7-17,22-35,42-45H2,1-6H3,(H2,72,73,80)/t50-,51-,61+,62+,65+,66+/m1/s1. The van der Waals surface area contributed by atoms with Crippen LogP contribution < -0.4 is 24.8 Å². The molecule has 2 aliphatic heterocycles. The van der Waals surface area contributed by atoms with Crippen LogP contribution in [0, 0.1) is 25.5 Å². The third-order valence-electron chi connectivity index (χ3n) is 18.0. The molecule has 4 aromatic rings. The third kappa shape index (κ3) is 21.0. The molecule has 3 N–H and O–H groups in total. The number of likely N-dealkylation sites (N-methyl/N-ethyl adjacent to an activating group) is 2. The number of likely N-dealkylation sites (tertiary alicyclic amines) is 2. The molecule has 25 heteroatoms. The molecule has 0 spiro atoms. The van der Waals surface area contributed by atoms with E-state index in [0.717, 1.165) is 117 Å². The molecule has 2 saturated heterocycles. The summed E-state index contributed by atoms with van der Waals surface area (Å²) in [6.45, 7) is 10.2. The number of carbonyl (C=O) groups is 2. The van der Waals surface area contributed by atoms with E-state index in [1.807, 2.05) is 38.1 Å². The zero-order valence-electron chi connectivity index (χ0n) is 54.3. The van der Waals surface area contributed by atoms with Gasteiger partial charge < -0.3 is 48.9 Å². The summed E-state index contributed by atoms with van der Waals surface area (Å²) in [4.78, 5) is 33.6. The van der Waals surface area contributed by atoms with Gasteiger partial charge in [-0.3, -0.25) is 14.6 Å². The summed E-state index contributed by atoms with van der Waals surface area (Å²) in [5.74, 6) is -1.65. The van der Waals surface area contributed by atoms with E-state index in [0.29, 0.717) is 67.4 Å². The van der Waals surface area contributed by atoms with Gasteiger partial charge in [0, 0.05) is 80.9 Å². The summed E-state index contributed by atoms with van der Waals surface area (Å²) in [7, 11) is 0.507. The first kappa shape index (κ1) is 73.2. The number of amides is 2. The third-order valence-corrected chi connectivity index (χ3v) is 21.7. The number of sulfonamides is 1. The minimum Gasteiger partial charge on any atom is -0.481 e. The first-order chi connectivity index (χ1) is 44.1. The summed E-state index contributed by atoms with van der Waals surface area (Å²) in [5.41, 5.74) is 6.29. The summed E-state index contributed by atoms with van der Waals surface area (Å²) >= 11 is 13.0. The normalized spacial score (nSPS) is 20.4. The number of benzene rings is 4. The first-order valence-electron chi connectivity index (χ1n) is 32.5. The molecule has 510 valence electrons. The second kappa shape index (κ2) is 35.4. The molecule has 0 aromatic heterocycles. The zero-order valence-corrected chi connectivity index (χ0v) is 57.4. The van der Waals surface area contributed by atoms with E-state index in [2.05, 4.69) is 63.1 Å². The molecule has 2 amide bonds. The quantitative estimate of drug-likeness (QED) is 0.0360. The van der Waals surface area contributed by atoms with E-state index in [9.17, 15) is 26.4 Å². The molecule has 2 heterocycles. The van der Waals surface area contributed by atoms with Gasteiger partial charge in [0.1, 0.15) is 18.0 Å². The van der Waals surface area contributed by atoms with Gasteiger partial charge in [0.05, 0.1) is 67.3 Å². The summed E-state index contributed by atoms with van der Waals surface area (Å²) < 4.78 is 122. The number of ketones is 1. The lowest BCUT2D eigenvalue weighted by Gasteiger charge is -2.41. The van der Waals surface area contributed by atoms with Gasteiger partial charge >= 0.3 is 6.03 Å². The summed E-state index contributed by atoms with van der Waals surface area (Å²) in [6, 6.07) is 15.6. The number of nitrogens with zero attached hydrogens (tertiary/aromatic N) is 4. The van der Waals surface area contributed by atoms with Crippen LogP contribution in [-0.4, -0.2) is 205 Å². The number of Topliss-reactive ketones (excluding diaryl/α,β-unsaturated/α-hetero) is 1. The Hall–Kier alpha value is -4.60. The molecule has 4 aromatic carbocycles. The van der Waals surface area contributed by atoms with Gasteiger partial charge in [0.25, 0.3) is 0 Å². The average molecular weight is 1360 g/mol. The molecule has 0 saturated carbocycles. The van der Waals surface area contributed by atoms with Gasteiger partial charge in [-0.05, 0) is 213 Å². The van der Waals surface area contributed by atoms with Crippen molar-refractivity contribution in [2.24, 2.45) is 0 Å². The second-order valence-corrected chi connectivity index (χ2v) is 29.8. The van der Waals surface area contributed by atoms with Crippen molar-refractivity contribution in [1.29, 1.82) is 0 Å². The molecular formula is C67H95Cl2F2N7O12S2. The maximum Gasteiger partial charge on any atom is 0.314 e. The van der Waals surface area contributed by atoms with Crippen molar-refractivity contribution in [3.63, 3.8) is 0 Å². The predicted octanol–water partition coefficient (Wildman–Crippen LogP) is 9.45. The number of fused-ring (bicyclic) bond motifs is 2. The van der Waals surface area contributed by atoms with Gasteiger partial charge in [-0.2, -0.15) is 0 Å². The number of aryl methyl sites for hydroxylation is 2. The highest BCUT2D eigenvalue weighted by Crippen LogP contribution is 2.44. The van der Waals surface area contributed by atoms with Crippen LogP contribution >= 0.6 is 23.2 Å². The number of hydrogen-bond donors (Lipinski definition) is 3. The highest BCUT2D eigenvalue weighted by atomic mass is 35.5. The molecular weight excluding hydrogens is 1270 g/mol. The number of urea groups is 1. The Kier molecular flexibility index (Phi) is 28.2. The monoisotopic (exact) mass is 1360 g/mol. The number of rotatable bonds is 37. The number of sulfone groups is 1. The number of carbonyl (C=O) groups excluding carboxylic acids is 2. The second-order valence-electron chi connectivity index (χ2n) is 25.0. The Balaban J connectivity index is 0.599. The van der Waals surface area contributed by atoms with E-state index >= 15 is 8.78 Å². The van der Waals surface area contributed by atoms with Gasteiger partial charge in [-0.15, -0.1) is 0 Å². The van der Waals surface area contributed by atoms with E-state index in [4.69, 9.17) is 51.6 Å². The smallest absolute Gasteiger partial charge is 0.314 e. The summed E-state index contributed by atoms with van der Waals surface area (Å²) in [5, 5.41) is 6.71. The van der Waals surface area contributed by atoms with Crippen molar-refractivity contribution in [3.05, 3.63) is 116 Å². The van der Waals surface area contributed by atoms with E-state index in [-0.39, 0.29) is 117 Å². The summed E-state index contributed by atoms with van der Waals surface area (Å²) in [6.07, 6.45) is 8.62. The van der Waals surface area contributed by atoms with E-state index in [1.54, 1.807) is 0 Å². The predicted molar refractivity (Wildman–Crippen MR) is 353 cm³/mol. The minimum absolute atomic E-state index is 0.00772. The first-order valence-corrected chi connectivity index (χ1v) is 36.4. The van der Waals surface area contributed by atoms with E-state index in [1.165, 1.54) is 24.3 Å². The van der Waals surface area contributed by atoms with Gasteiger partial charge in [0.2, 0.25) is 10.0 Å². The van der Waals surface area contributed by atoms with Gasteiger partial charge in [-0.25, -0.2) is 35.1 Å². The minimum atomic E-state index is -4.05.